The van der Waals surface area contributed by atoms with Crippen LogP contribution in [0.2, 0.25) is 0 Å². The van der Waals surface area contributed by atoms with Crippen molar-refractivity contribution in [3.8, 4) is 5.75 Å². The zero-order valence-electron chi connectivity index (χ0n) is 9.68. The van der Waals surface area contributed by atoms with Crippen molar-refractivity contribution in [2.45, 2.75) is 38.8 Å². The summed E-state index contributed by atoms with van der Waals surface area (Å²) in [7, 11) is 0. The van der Waals surface area contributed by atoms with Crippen LogP contribution in [-0.4, -0.2) is 23.5 Å². The number of hydrogen-bond donors (Lipinski definition) is 1. The van der Waals surface area contributed by atoms with E-state index in [1.165, 1.54) is 0 Å². The van der Waals surface area contributed by atoms with Crippen molar-refractivity contribution >= 4 is 12.0 Å². The molecule has 0 bridgehead atoms. The highest BCUT2D eigenvalue weighted by atomic mass is 16.3. The van der Waals surface area contributed by atoms with Crippen LogP contribution in [0.15, 0.2) is 18.2 Å². The number of benzene rings is 1. The van der Waals surface area contributed by atoms with Crippen molar-refractivity contribution < 1.29 is 9.90 Å². The van der Waals surface area contributed by atoms with Crippen LogP contribution in [0.3, 0.4) is 0 Å². The first-order valence-corrected chi connectivity index (χ1v) is 5.67. The molecule has 1 aromatic carbocycles. The molecule has 0 aromatic heterocycles. The van der Waals surface area contributed by atoms with Crippen LogP contribution in [0, 0.1) is 0 Å². The SMILES string of the molecule is CC(C)N1c2ccc(O)cc2CC1CC=O. The maximum absolute atomic E-state index is 10.7. The molecule has 1 aliphatic rings. The third kappa shape index (κ3) is 1.77. The number of fused-ring (bicyclic) bond motifs is 1. The molecule has 0 radical (unpaired) electrons. The molecule has 0 aliphatic carbocycles. The van der Waals surface area contributed by atoms with Gasteiger partial charge in [-0.1, -0.05) is 0 Å². The minimum absolute atomic E-state index is 0.245. The third-order valence-corrected chi connectivity index (χ3v) is 3.11. The second-order valence-corrected chi connectivity index (χ2v) is 4.57. The van der Waals surface area contributed by atoms with Gasteiger partial charge in [0.25, 0.3) is 0 Å². The predicted molar refractivity (Wildman–Crippen MR) is 63.9 cm³/mol. The van der Waals surface area contributed by atoms with Gasteiger partial charge in [0.15, 0.2) is 0 Å². The first-order valence-electron chi connectivity index (χ1n) is 5.67. The van der Waals surface area contributed by atoms with Gasteiger partial charge in [0, 0.05) is 24.2 Å². The molecule has 0 fully saturated rings. The minimum atomic E-state index is 0.245. The first kappa shape index (κ1) is 11.0. The fourth-order valence-electron chi connectivity index (χ4n) is 2.54. The van der Waals surface area contributed by atoms with Crippen LogP contribution in [-0.2, 0) is 11.2 Å². The first-order chi connectivity index (χ1) is 7.63. The molecule has 0 amide bonds. The lowest BCUT2D eigenvalue weighted by molar-refractivity contribution is -0.108. The van der Waals surface area contributed by atoms with Gasteiger partial charge in [-0.05, 0) is 44.0 Å². The Labute approximate surface area is 95.7 Å². The molecular formula is C13H17NO2. The molecule has 3 nitrogen and oxygen atoms in total. The van der Waals surface area contributed by atoms with E-state index in [9.17, 15) is 9.90 Å². The molecule has 1 atom stereocenters. The molecule has 86 valence electrons. The molecule has 2 rings (SSSR count). The highest BCUT2D eigenvalue weighted by molar-refractivity contribution is 5.64. The van der Waals surface area contributed by atoms with E-state index >= 15 is 0 Å². The van der Waals surface area contributed by atoms with Gasteiger partial charge in [0.2, 0.25) is 0 Å². The summed E-state index contributed by atoms with van der Waals surface area (Å²) in [6.45, 7) is 4.25. The maximum atomic E-state index is 10.7. The molecule has 0 saturated heterocycles. The second-order valence-electron chi connectivity index (χ2n) is 4.57. The van der Waals surface area contributed by atoms with E-state index in [0.717, 1.165) is 24.0 Å². The van der Waals surface area contributed by atoms with E-state index < -0.39 is 0 Å². The monoisotopic (exact) mass is 219 g/mol. The van der Waals surface area contributed by atoms with Crippen LogP contribution in [0.25, 0.3) is 0 Å². The Hall–Kier alpha value is -1.51. The summed E-state index contributed by atoms with van der Waals surface area (Å²) >= 11 is 0. The van der Waals surface area contributed by atoms with Crippen LogP contribution in [0.1, 0.15) is 25.8 Å². The molecule has 3 heteroatoms. The van der Waals surface area contributed by atoms with Gasteiger partial charge in [0.05, 0.1) is 0 Å². The number of carbonyl (C=O) groups is 1. The number of carbonyl (C=O) groups excluding carboxylic acids is 1. The minimum Gasteiger partial charge on any atom is -0.508 e. The quantitative estimate of drug-likeness (QED) is 0.792. The molecule has 1 aromatic rings. The lowest BCUT2D eigenvalue weighted by atomic mass is 10.1. The lowest BCUT2D eigenvalue weighted by Crippen LogP contribution is -2.37. The average Bonchev–Trinajstić information content (AvgIpc) is 2.55. The fourth-order valence-corrected chi connectivity index (χ4v) is 2.54. The maximum Gasteiger partial charge on any atom is 0.122 e. The third-order valence-electron chi connectivity index (χ3n) is 3.11. The van der Waals surface area contributed by atoms with Gasteiger partial charge >= 0.3 is 0 Å². The summed E-state index contributed by atoms with van der Waals surface area (Å²) in [4.78, 5) is 12.9. The standard InChI is InChI=1S/C13H17NO2/c1-9(2)14-11(5-6-15)7-10-8-12(16)3-4-13(10)14/h3-4,6,8-9,11,16H,5,7H2,1-2H3. The Morgan fingerprint density at radius 1 is 1.56 bits per heavy atom. The average molecular weight is 219 g/mol. The lowest BCUT2D eigenvalue weighted by Gasteiger charge is -2.30. The Kier molecular flexibility index (Phi) is 2.86. The van der Waals surface area contributed by atoms with Gasteiger partial charge in [-0.2, -0.15) is 0 Å². The number of anilines is 1. The van der Waals surface area contributed by atoms with Crippen LogP contribution < -0.4 is 4.90 Å². The zero-order chi connectivity index (χ0) is 11.7. The summed E-state index contributed by atoms with van der Waals surface area (Å²) in [5.74, 6) is 0.300. The molecule has 1 heterocycles. The number of rotatable bonds is 3. The summed E-state index contributed by atoms with van der Waals surface area (Å²) in [5, 5.41) is 9.45. The number of phenols is 1. The van der Waals surface area contributed by atoms with E-state index in [1.54, 1.807) is 12.1 Å². The van der Waals surface area contributed by atoms with E-state index in [4.69, 9.17) is 0 Å². The molecule has 0 saturated carbocycles. The number of phenolic OH excluding ortho intramolecular Hbond substituents is 1. The van der Waals surface area contributed by atoms with E-state index in [-0.39, 0.29) is 6.04 Å². The summed E-state index contributed by atoms with van der Waals surface area (Å²) in [6.07, 6.45) is 2.38. The van der Waals surface area contributed by atoms with Gasteiger partial charge in [0.1, 0.15) is 12.0 Å². The van der Waals surface area contributed by atoms with Crippen molar-refractivity contribution in [3.05, 3.63) is 23.8 Å². The normalized spacial score (nSPS) is 18.9. The van der Waals surface area contributed by atoms with Crippen molar-refractivity contribution in [2.75, 3.05) is 4.90 Å². The van der Waals surface area contributed by atoms with E-state index in [2.05, 4.69) is 18.7 Å². The number of nitrogens with zero attached hydrogens (tertiary/aromatic N) is 1. The number of aromatic hydroxyl groups is 1. The van der Waals surface area contributed by atoms with Crippen molar-refractivity contribution in [1.29, 1.82) is 0 Å². The van der Waals surface area contributed by atoms with Crippen molar-refractivity contribution in [1.82, 2.24) is 0 Å². The summed E-state index contributed by atoms with van der Waals surface area (Å²) < 4.78 is 0. The molecule has 0 spiro atoms. The zero-order valence-corrected chi connectivity index (χ0v) is 9.68. The van der Waals surface area contributed by atoms with E-state index in [1.807, 2.05) is 6.07 Å². The molecule has 16 heavy (non-hydrogen) atoms. The van der Waals surface area contributed by atoms with Gasteiger partial charge < -0.3 is 14.8 Å². The fraction of sp³-hybridized carbons (Fsp3) is 0.462. The Morgan fingerprint density at radius 2 is 2.31 bits per heavy atom. The smallest absolute Gasteiger partial charge is 0.122 e. The number of aldehydes is 1. The summed E-state index contributed by atoms with van der Waals surface area (Å²) in [6, 6.07) is 6.06. The highest BCUT2D eigenvalue weighted by Crippen LogP contribution is 2.36. The Morgan fingerprint density at radius 3 is 2.94 bits per heavy atom. The Balaban J connectivity index is 2.36. The topological polar surface area (TPSA) is 40.5 Å². The largest absolute Gasteiger partial charge is 0.508 e. The van der Waals surface area contributed by atoms with Gasteiger partial charge in [-0.3, -0.25) is 0 Å². The van der Waals surface area contributed by atoms with Crippen LogP contribution in [0.4, 0.5) is 5.69 Å². The molecule has 1 N–H and O–H groups in total. The summed E-state index contributed by atoms with van der Waals surface area (Å²) in [5.41, 5.74) is 2.29. The molecule has 1 aliphatic heterocycles. The Bertz CT molecular complexity index is 401. The van der Waals surface area contributed by atoms with Crippen molar-refractivity contribution in [3.63, 3.8) is 0 Å². The van der Waals surface area contributed by atoms with Crippen LogP contribution >= 0.6 is 0 Å². The second kappa shape index (κ2) is 4.16. The molecular weight excluding hydrogens is 202 g/mol. The number of hydrogen-bond acceptors (Lipinski definition) is 3. The van der Waals surface area contributed by atoms with E-state index in [0.29, 0.717) is 18.2 Å². The predicted octanol–water partition coefficient (Wildman–Crippen LogP) is 2.12. The van der Waals surface area contributed by atoms with Crippen molar-refractivity contribution in [2.24, 2.45) is 0 Å². The van der Waals surface area contributed by atoms with Gasteiger partial charge in [-0.15, -0.1) is 0 Å². The van der Waals surface area contributed by atoms with Gasteiger partial charge in [-0.25, -0.2) is 0 Å². The highest BCUT2D eigenvalue weighted by Gasteiger charge is 2.30. The molecule has 1 unspecified atom stereocenters. The van der Waals surface area contributed by atoms with Crippen LogP contribution in [0.5, 0.6) is 5.75 Å².